The van der Waals surface area contributed by atoms with Gasteiger partial charge >= 0.3 is 0 Å². The van der Waals surface area contributed by atoms with Crippen LogP contribution in [0.3, 0.4) is 0 Å². The first-order valence-corrected chi connectivity index (χ1v) is 7.61. The second kappa shape index (κ2) is 6.62. The number of aryl methyl sites for hydroxylation is 1. The zero-order valence-corrected chi connectivity index (χ0v) is 13.0. The topological polar surface area (TPSA) is 41.0 Å². The number of hydrogen-bond donors (Lipinski definition) is 1. The predicted molar refractivity (Wildman–Crippen MR) is 81.9 cm³/mol. The zero-order valence-electron chi connectivity index (χ0n) is 13.0. The van der Waals surface area contributed by atoms with Crippen LogP contribution >= 0.6 is 0 Å². The van der Waals surface area contributed by atoms with Gasteiger partial charge in [-0.1, -0.05) is 6.07 Å². The standard InChI is InChI=1S/C16H16F4N4/c1-9-3-2-4-11(21-9)22-10-5-7-24(8-6-10)14-12(17)15(19)23-16(20)13(14)18/h2-4,10H,5-8H2,1H3,(H,21,22). The Kier molecular flexibility index (Phi) is 4.55. The van der Waals surface area contributed by atoms with Crippen molar-refractivity contribution in [2.75, 3.05) is 23.3 Å². The quantitative estimate of drug-likeness (QED) is 0.687. The van der Waals surface area contributed by atoms with Crippen molar-refractivity contribution in [3.05, 3.63) is 47.4 Å². The number of halogens is 4. The second-order valence-corrected chi connectivity index (χ2v) is 5.74. The van der Waals surface area contributed by atoms with Gasteiger partial charge in [0.05, 0.1) is 0 Å². The Bertz CT molecular complexity index is 719. The maximum absolute atomic E-state index is 13.8. The van der Waals surface area contributed by atoms with Gasteiger partial charge in [-0.25, -0.2) is 4.98 Å². The van der Waals surface area contributed by atoms with Crippen LogP contribution in [0.2, 0.25) is 0 Å². The summed E-state index contributed by atoms with van der Waals surface area (Å²) in [5.74, 6) is -5.45. The van der Waals surface area contributed by atoms with Gasteiger partial charge in [0.25, 0.3) is 11.9 Å². The van der Waals surface area contributed by atoms with Crippen molar-refractivity contribution in [1.82, 2.24) is 9.97 Å². The molecular formula is C16H16F4N4. The number of anilines is 2. The SMILES string of the molecule is Cc1cccc(NC2CCN(c3c(F)c(F)nc(F)c3F)CC2)n1. The number of rotatable bonds is 3. The summed E-state index contributed by atoms with van der Waals surface area (Å²) in [6, 6.07) is 5.67. The minimum absolute atomic E-state index is 0.0678. The molecule has 0 spiro atoms. The molecule has 2 aromatic heterocycles. The van der Waals surface area contributed by atoms with E-state index < -0.39 is 29.2 Å². The summed E-state index contributed by atoms with van der Waals surface area (Å²) >= 11 is 0. The third kappa shape index (κ3) is 3.27. The van der Waals surface area contributed by atoms with E-state index in [1.54, 1.807) is 0 Å². The summed E-state index contributed by atoms with van der Waals surface area (Å²) in [5.41, 5.74) is 0.191. The van der Waals surface area contributed by atoms with Crippen molar-refractivity contribution in [1.29, 1.82) is 0 Å². The Labute approximate surface area is 136 Å². The minimum Gasteiger partial charge on any atom is -0.367 e. The highest BCUT2D eigenvalue weighted by atomic mass is 19.2. The Morgan fingerprint density at radius 2 is 1.62 bits per heavy atom. The molecule has 0 saturated carbocycles. The van der Waals surface area contributed by atoms with E-state index in [4.69, 9.17) is 0 Å². The summed E-state index contributed by atoms with van der Waals surface area (Å²) in [6.45, 7) is 2.41. The normalized spacial score (nSPS) is 15.6. The van der Waals surface area contributed by atoms with E-state index in [0.717, 1.165) is 11.5 Å². The molecule has 3 heterocycles. The Balaban J connectivity index is 1.70. The largest absolute Gasteiger partial charge is 0.367 e. The van der Waals surface area contributed by atoms with Crippen LogP contribution in [0.5, 0.6) is 0 Å². The summed E-state index contributed by atoms with van der Waals surface area (Å²) in [7, 11) is 0. The van der Waals surface area contributed by atoms with E-state index in [2.05, 4.69) is 15.3 Å². The molecule has 128 valence electrons. The maximum Gasteiger partial charge on any atom is 0.253 e. The molecule has 1 fully saturated rings. The summed E-state index contributed by atoms with van der Waals surface area (Å²) in [4.78, 5) is 8.23. The maximum atomic E-state index is 13.8. The van der Waals surface area contributed by atoms with Crippen molar-refractivity contribution >= 4 is 11.5 Å². The fourth-order valence-electron chi connectivity index (χ4n) is 2.83. The van der Waals surface area contributed by atoms with Crippen LogP contribution < -0.4 is 10.2 Å². The highest BCUT2D eigenvalue weighted by Gasteiger charge is 2.28. The molecule has 4 nitrogen and oxygen atoms in total. The third-order valence-corrected chi connectivity index (χ3v) is 4.03. The van der Waals surface area contributed by atoms with Crippen LogP contribution in [0.4, 0.5) is 29.1 Å². The number of nitrogens with zero attached hydrogens (tertiary/aromatic N) is 3. The van der Waals surface area contributed by atoms with Crippen LogP contribution in [0, 0.1) is 30.5 Å². The summed E-state index contributed by atoms with van der Waals surface area (Å²) < 4.78 is 54.1. The first-order chi connectivity index (χ1) is 11.5. The van der Waals surface area contributed by atoms with Crippen LogP contribution in [0.25, 0.3) is 0 Å². The lowest BCUT2D eigenvalue weighted by molar-refractivity contribution is 0.400. The first-order valence-electron chi connectivity index (χ1n) is 7.61. The van der Waals surface area contributed by atoms with Gasteiger partial charge in [-0.3, -0.25) is 0 Å². The van der Waals surface area contributed by atoms with Gasteiger partial charge in [-0.05, 0) is 31.9 Å². The molecule has 0 aliphatic carbocycles. The van der Waals surface area contributed by atoms with E-state index >= 15 is 0 Å². The molecule has 3 rings (SSSR count). The van der Waals surface area contributed by atoms with E-state index in [1.807, 2.05) is 25.1 Å². The fourth-order valence-corrected chi connectivity index (χ4v) is 2.83. The number of hydrogen-bond acceptors (Lipinski definition) is 4. The van der Waals surface area contributed by atoms with Crippen LogP contribution in [0.1, 0.15) is 18.5 Å². The average molecular weight is 340 g/mol. The van der Waals surface area contributed by atoms with Gasteiger partial charge < -0.3 is 10.2 Å². The summed E-state index contributed by atoms with van der Waals surface area (Å²) in [5, 5.41) is 3.26. The van der Waals surface area contributed by atoms with E-state index in [1.165, 1.54) is 4.90 Å². The van der Waals surface area contributed by atoms with Gasteiger partial charge in [0.2, 0.25) is 11.6 Å². The van der Waals surface area contributed by atoms with Crippen molar-refractivity contribution in [2.45, 2.75) is 25.8 Å². The van der Waals surface area contributed by atoms with Gasteiger partial charge in [-0.15, -0.1) is 0 Å². The van der Waals surface area contributed by atoms with Gasteiger partial charge in [-0.2, -0.15) is 22.5 Å². The van der Waals surface area contributed by atoms with Gasteiger partial charge in [0, 0.05) is 24.8 Å². The number of pyridine rings is 2. The van der Waals surface area contributed by atoms with Crippen molar-refractivity contribution in [2.24, 2.45) is 0 Å². The Hall–Kier alpha value is -2.38. The Morgan fingerprint density at radius 3 is 2.21 bits per heavy atom. The second-order valence-electron chi connectivity index (χ2n) is 5.74. The van der Waals surface area contributed by atoms with Crippen molar-refractivity contribution < 1.29 is 17.6 Å². The lowest BCUT2D eigenvalue weighted by atomic mass is 10.0. The van der Waals surface area contributed by atoms with Gasteiger partial charge in [0.15, 0.2) is 0 Å². The summed E-state index contributed by atoms with van der Waals surface area (Å²) in [6.07, 6.45) is 1.11. The molecule has 0 unspecified atom stereocenters. The molecule has 0 amide bonds. The number of piperidine rings is 1. The van der Waals surface area contributed by atoms with E-state index in [0.29, 0.717) is 12.8 Å². The molecular weight excluding hydrogens is 324 g/mol. The lowest BCUT2D eigenvalue weighted by Gasteiger charge is -2.34. The number of aromatic nitrogens is 2. The lowest BCUT2D eigenvalue weighted by Crippen LogP contribution is -2.40. The molecule has 0 radical (unpaired) electrons. The third-order valence-electron chi connectivity index (χ3n) is 4.03. The molecule has 1 N–H and O–H groups in total. The molecule has 8 heteroatoms. The molecule has 1 saturated heterocycles. The molecule has 0 atom stereocenters. The van der Waals surface area contributed by atoms with Crippen LogP contribution in [-0.4, -0.2) is 29.1 Å². The average Bonchev–Trinajstić information content (AvgIpc) is 2.55. The molecule has 1 aliphatic heterocycles. The minimum atomic E-state index is -1.63. The number of nitrogens with one attached hydrogen (secondary N) is 1. The molecule has 0 bridgehead atoms. The van der Waals surface area contributed by atoms with Gasteiger partial charge in [0.1, 0.15) is 11.5 Å². The highest BCUT2D eigenvalue weighted by Crippen LogP contribution is 2.29. The fraction of sp³-hybridized carbons (Fsp3) is 0.375. The molecule has 1 aliphatic rings. The monoisotopic (exact) mass is 340 g/mol. The van der Waals surface area contributed by atoms with Crippen molar-refractivity contribution in [3.8, 4) is 0 Å². The molecule has 24 heavy (non-hydrogen) atoms. The van der Waals surface area contributed by atoms with E-state index in [-0.39, 0.29) is 19.1 Å². The predicted octanol–water partition coefficient (Wildman–Crippen LogP) is 3.42. The Morgan fingerprint density at radius 1 is 1.00 bits per heavy atom. The van der Waals surface area contributed by atoms with Crippen LogP contribution in [0.15, 0.2) is 18.2 Å². The van der Waals surface area contributed by atoms with Crippen LogP contribution in [-0.2, 0) is 0 Å². The molecule has 0 aromatic carbocycles. The smallest absolute Gasteiger partial charge is 0.253 e. The van der Waals surface area contributed by atoms with E-state index in [9.17, 15) is 17.6 Å². The van der Waals surface area contributed by atoms with Crippen molar-refractivity contribution in [3.63, 3.8) is 0 Å². The molecule has 2 aromatic rings. The first kappa shape index (κ1) is 16.5. The highest BCUT2D eigenvalue weighted by molar-refractivity contribution is 5.49. The zero-order chi connectivity index (χ0) is 17.3.